The number of esters is 1. The molecule has 2 aromatic carbocycles. The Hall–Kier alpha value is -3.26. The molecule has 1 aliphatic heterocycles. The lowest BCUT2D eigenvalue weighted by Crippen LogP contribution is -2.44. The van der Waals surface area contributed by atoms with Gasteiger partial charge in [0.15, 0.2) is 6.04 Å². The van der Waals surface area contributed by atoms with Gasteiger partial charge in [-0.25, -0.2) is 9.59 Å². The Balaban J connectivity index is 1.78. The third kappa shape index (κ3) is 6.20. The molecule has 0 radical (unpaired) electrons. The van der Waals surface area contributed by atoms with Crippen molar-refractivity contribution in [3.8, 4) is 5.75 Å². The largest absolute Gasteiger partial charge is 0.489 e. The minimum atomic E-state index is -0.883. The minimum Gasteiger partial charge on any atom is -0.489 e. The maximum atomic E-state index is 12.6. The van der Waals surface area contributed by atoms with Gasteiger partial charge in [-0.1, -0.05) is 31.5 Å². The van der Waals surface area contributed by atoms with Crippen molar-refractivity contribution in [2.75, 3.05) is 25.6 Å². The van der Waals surface area contributed by atoms with Crippen LogP contribution in [0.15, 0.2) is 36.4 Å². The fraction of sp³-hybridized carbons (Fsp3) is 0.400. The number of rotatable bonds is 7. The number of anilines is 1. The van der Waals surface area contributed by atoms with Gasteiger partial charge in [0.1, 0.15) is 12.4 Å². The molecule has 0 saturated carbocycles. The second-order valence-electron chi connectivity index (χ2n) is 8.48. The van der Waals surface area contributed by atoms with E-state index in [2.05, 4.69) is 5.32 Å². The van der Waals surface area contributed by atoms with Crippen LogP contribution >= 0.6 is 11.6 Å². The van der Waals surface area contributed by atoms with Gasteiger partial charge in [0.25, 0.3) is 0 Å². The zero-order chi connectivity index (χ0) is 24.8. The molecule has 182 valence electrons. The molecule has 0 aliphatic carbocycles. The molecule has 3 rings (SSSR count). The Morgan fingerprint density at radius 2 is 1.94 bits per heavy atom. The fourth-order valence-electron chi connectivity index (χ4n) is 3.70. The predicted molar refractivity (Wildman–Crippen MR) is 128 cm³/mol. The van der Waals surface area contributed by atoms with Crippen LogP contribution in [0.5, 0.6) is 5.75 Å². The predicted octanol–water partition coefficient (Wildman–Crippen LogP) is 4.74. The Morgan fingerprint density at radius 1 is 1.18 bits per heavy atom. The summed E-state index contributed by atoms with van der Waals surface area (Å²) in [5.41, 5.74) is 2.92. The van der Waals surface area contributed by atoms with Crippen LogP contribution in [0.25, 0.3) is 0 Å². The molecular formula is C25H29ClN2O6. The Kier molecular flexibility index (Phi) is 8.39. The normalized spacial score (nSPS) is 14.9. The highest BCUT2D eigenvalue weighted by Crippen LogP contribution is 2.34. The van der Waals surface area contributed by atoms with Gasteiger partial charge in [-0.3, -0.25) is 9.69 Å². The number of nitrogens with zero attached hydrogens (tertiary/aromatic N) is 1. The zero-order valence-electron chi connectivity index (χ0n) is 19.7. The number of amides is 2. The van der Waals surface area contributed by atoms with Crippen LogP contribution in [0.1, 0.15) is 43.5 Å². The average molecular weight is 489 g/mol. The molecule has 0 saturated heterocycles. The van der Waals surface area contributed by atoms with Crippen molar-refractivity contribution in [1.29, 1.82) is 0 Å². The number of fused-ring (bicyclic) bond motifs is 1. The van der Waals surface area contributed by atoms with Gasteiger partial charge in [0.05, 0.1) is 13.7 Å². The number of carbonyl (C=O) groups excluding carboxylic acids is 3. The quantitative estimate of drug-likeness (QED) is 0.565. The van der Waals surface area contributed by atoms with Crippen molar-refractivity contribution in [3.05, 3.63) is 58.1 Å². The lowest BCUT2D eigenvalue weighted by molar-refractivity contribution is -0.147. The van der Waals surface area contributed by atoms with E-state index in [0.29, 0.717) is 35.0 Å². The number of hydrogen-bond acceptors (Lipinski definition) is 6. The molecule has 0 spiro atoms. The van der Waals surface area contributed by atoms with Crippen LogP contribution in [0.3, 0.4) is 0 Å². The van der Waals surface area contributed by atoms with Crippen molar-refractivity contribution >= 4 is 35.3 Å². The van der Waals surface area contributed by atoms with E-state index in [-0.39, 0.29) is 25.0 Å². The maximum Gasteiger partial charge on any atom is 0.410 e. The lowest BCUT2D eigenvalue weighted by Gasteiger charge is -2.35. The highest BCUT2D eigenvalue weighted by molar-refractivity contribution is 6.31. The van der Waals surface area contributed by atoms with Crippen molar-refractivity contribution in [1.82, 2.24) is 4.90 Å². The van der Waals surface area contributed by atoms with E-state index < -0.39 is 18.1 Å². The molecule has 1 N–H and O–H groups in total. The average Bonchev–Trinajstić information content (AvgIpc) is 2.81. The summed E-state index contributed by atoms with van der Waals surface area (Å²) >= 11 is 6.28. The molecule has 0 aromatic heterocycles. The summed E-state index contributed by atoms with van der Waals surface area (Å²) in [6, 6.07) is 9.66. The monoisotopic (exact) mass is 488 g/mol. The van der Waals surface area contributed by atoms with Gasteiger partial charge < -0.3 is 19.5 Å². The third-order valence-corrected chi connectivity index (χ3v) is 5.67. The van der Waals surface area contributed by atoms with Crippen LogP contribution in [0.4, 0.5) is 10.5 Å². The molecule has 1 atom stereocenters. The summed E-state index contributed by atoms with van der Waals surface area (Å²) in [7, 11) is 1.30. The summed E-state index contributed by atoms with van der Waals surface area (Å²) in [4.78, 5) is 37.9. The molecular weight excluding hydrogens is 460 g/mol. The minimum absolute atomic E-state index is 0.175. The van der Waals surface area contributed by atoms with Crippen molar-refractivity contribution in [2.24, 2.45) is 5.92 Å². The molecule has 2 aromatic rings. The van der Waals surface area contributed by atoms with E-state index in [1.54, 1.807) is 30.3 Å². The van der Waals surface area contributed by atoms with Crippen molar-refractivity contribution in [2.45, 2.75) is 39.8 Å². The molecule has 0 bridgehead atoms. The number of ether oxygens (including phenoxy) is 3. The van der Waals surface area contributed by atoms with E-state index in [4.69, 9.17) is 25.8 Å². The second-order valence-corrected chi connectivity index (χ2v) is 8.88. The van der Waals surface area contributed by atoms with E-state index in [9.17, 15) is 14.4 Å². The van der Waals surface area contributed by atoms with Gasteiger partial charge in [-0.2, -0.15) is 0 Å². The van der Waals surface area contributed by atoms with Gasteiger partial charge in [0.2, 0.25) is 5.91 Å². The van der Waals surface area contributed by atoms with Crippen LogP contribution in [0.2, 0.25) is 5.02 Å². The van der Waals surface area contributed by atoms with Gasteiger partial charge in [-0.15, -0.1) is 0 Å². The summed E-state index contributed by atoms with van der Waals surface area (Å²) in [5.74, 6) is 0.0767. The van der Waals surface area contributed by atoms with E-state index >= 15 is 0 Å². The molecule has 2 amide bonds. The number of benzene rings is 2. The molecule has 8 nitrogen and oxygen atoms in total. The Bertz CT molecular complexity index is 1070. The number of hydrogen-bond donors (Lipinski definition) is 1. The number of nitrogens with one attached hydrogen (secondary N) is 1. The maximum absolute atomic E-state index is 12.6. The van der Waals surface area contributed by atoms with E-state index in [1.165, 1.54) is 18.9 Å². The van der Waals surface area contributed by atoms with Crippen LogP contribution < -0.4 is 10.1 Å². The van der Waals surface area contributed by atoms with Crippen molar-refractivity contribution < 1.29 is 28.6 Å². The Morgan fingerprint density at radius 3 is 2.62 bits per heavy atom. The highest BCUT2D eigenvalue weighted by atomic mass is 35.5. The summed E-state index contributed by atoms with van der Waals surface area (Å²) < 4.78 is 16.3. The Labute approximate surface area is 204 Å². The topological polar surface area (TPSA) is 94.2 Å². The number of methoxy groups -OCH3 is 1. The first-order chi connectivity index (χ1) is 16.2. The summed E-state index contributed by atoms with van der Waals surface area (Å²) in [6.45, 7) is 6.11. The summed E-state index contributed by atoms with van der Waals surface area (Å²) in [6.07, 6.45) is -0.000895. The molecule has 0 fully saturated rings. The SMILES string of the molecule is COC(=O)C1c2ccc(OCc3cc(NC(C)=O)ccc3Cl)cc2CCN1C(=O)OCC(C)C. The third-order valence-electron chi connectivity index (χ3n) is 5.30. The molecule has 34 heavy (non-hydrogen) atoms. The zero-order valence-corrected chi connectivity index (χ0v) is 20.5. The van der Waals surface area contributed by atoms with Gasteiger partial charge in [-0.05, 0) is 53.8 Å². The smallest absolute Gasteiger partial charge is 0.410 e. The molecule has 1 heterocycles. The first-order valence-electron chi connectivity index (χ1n) is 11.0. The molecule has 9 heteroatoms. The van der Waals surface area contributed by atoms with Crippen LogP contribution in [0, 0.1) is 5.92 Å². The van der Waals surface area contributed by atoms with E-state index in [1.807, 2.05) is 19.9 Å². The first-order valence-corrected chi connectivity index (χ1v) is 11.4. The lowest BCUT2D eigenvalue weighted by atomic mass is 9.92. The second kappa shape index (κ2) is 11.2. The van der Waals surface area contributed by atoms with Crippen LogP contribution in [-0.4, -0.2) is 43.1 Å². The number of halogens is 1. The fourth-order valence-corrected chi connectivity index (χ4v) is 3.88. The van der Waals surface area contributed by atoms with Crippen LogP contribution in [-0.2, 0) is 32.1 Å². The van der Waals surface area contributed by atoms with Gasteiger partial charge in [0, 0.05) is 29.7 Å². The van der Waals surface area contributed by atoms with E-state index in [0.717, 1.165) is 11.1 Å². The molecule has 1 unspecified atom stereocenters. The first kappa shape index (κ1) is 25.4. The standard InChI is InChI=1S/C25H29ClN2O6/c1-15(2)13-34-25(31)28-10-9-17-12-20(6-7-21(17)23(28)24(30)32-4)33-14-18-11-19(27-16(3)29)5-8-22(18)26/h5-8,11-12,15,23H,9-10,13-14H2,1-4H3,(H,27,29). The van der Waals surface area contributed by atoms with Gasteiger partial charge >= 0.3 is 12.1 Å². The number of carbonyl (C=O) groups is 3. The molecule has 1 aliphatic rings. The summed E-state index contributed by atoms with van der Waals surface area (Å²) in [5, 5.41) is 3.24. The highest BCUT2D eigenvalue weighted by Gasteiger charge is 2.38. The van der Waals surface area contributed by atoms with Crippen molar-refractivity contribution in [3.63, 3.8) is 0 Å².